The molecule has 0 bridgehead atoms. The van der Waals surface area contributed by atoms with E-state index < -0.39 is 0 Å². The number of amides is 2. The summed E-state index contributed by atoms with van der Waals surface area (Å²) in [5, 5.41) is 10.1. The summed E-state index contributed by atoms with van der Waals surface area (Å²) in [7, 11) is 1.84. The van der Waals surface area contributed by atoms with E-state index >= 15 is 0 Å². The van der Waals surface area contributed by atoms with Crippen LogP contribution >= 0.6 is 0 Å². The Morgan fingerprint density at radius 3 is 2.48 bits per heavy atom. The lowest BCUT2D eigenvalue weighted by molar-refractivity contribution is -0.130. The van der Waals surface area contributed by atoms with E-state index in [0.29, 0.717) is 12.5 Å². The van der Waals surface area contributed by atoms with Crippen LogP contribution in [0, 0.1) is 12.8 Å². The van der Waals surface area contributed by atoms with Crippen molar-refractivity contribution in [2.75, 3.05) is 24.5 Å². The van der Waals surface area contributed by atoms with Crippen molar-refractivity contribution < 1.29 is 9.59 Å². The highest BCUT2D eigenvalue weighted by molar-refractivity contribution is 6.02. The molecule has 0 unspecified atom stereocenters. The van der Waals surface area contributed by atoms with Crippen molar-refractivity contribution in [2.24, 2.45) is 13.0 Å². The van der Waals surface area contributed by atoms with E-state index in [1.54, 1.807) is 9.58 Å². The van der Waals surface area contributed by atoms with Crippen LogP contribution < -0.4 is 15.5 Å². The van der Waals surface area contributed by atoms with Crippen LogP contribution in [0.25, 0.3) is 0 Å². The van der Waals surface area contributed by atoms with Gasteiger partial charge in [0.2, 0.25) is 11.8 Å². The maximum atomic E-state index is 11.6. The minimum atomic E-state index is -0.272. The molecule has 7 nitrogen and oxygen atoms in total. The Labute approximate surface area is 124 Å². The number of carbonyl (C=O) groups is 2. The van der Waals surface area contributed by atoms with E-state index in [1.807, 2.05) is 14.0 Å². The number of hydrogen-bond acceptors (Lipinski definition) is 5. The molecule has 21 heavy (non-hydrogen) atoms. The third-order valence-corrected chi connectivity index (χ3v) is 3.41. The van der Waals surface area contributed by atoms with Gasteiger partial charge in [0.05, 0.1) is 18.8 Å². The predicted molar refractivity (Wildman–Crippen MR) is 79.9 cm³/mol. The molecule has 0 aliphatic carbocycles. The van der Waals surface area contributed by atoms with Gasteiger partial charge in [0, 0.05) is 19.2 Å². The van der Waals surface area contributed by atoms with Crippen LogP contribution in [0.1, 0.15) is 25.1 Å². The lowest BCUT2D eigenvalue weighted by Crippen LogP contribution is -2.52. The van der Waals surface area contributed by atoms with Crippen molar-refractivity contribution >= 4 is 17.6 Å². The molecule has 7 heteroatoms. The topological polar surface area (TPSA) is 79.3 Å². The number of rotatable bonds is 5. The summed E-state index contributed by atoms with van der Waals surface area (Å²) in [6, 6.07) is 0. The van der Waals surface area contributed by atoms with Crippen molar-refractivity contribution in [3.05, 3.63) is 11.3 Å². The smallest absolute Gasteiger partial charge is 0.246 e. The number of hydrogen-bond donors (Lipinski definition) is 2. The number of imide groups is 1. The molecule has 2 amide bonds. The summed E-state index contributed by atoms with van der Waals surface area (Å²) in [4.78, 5) is 24.9. The highest BCUT2D eigenvalue weighted by Crippen LogP contribution is 2.23. The number of aromatic nitrogens is 2. The van der Waals surface area contributed by atoms with E-state index in [1.165, 1.54) is 0 Å². The molecular formula is C14H23N5O2. The molecule has 0 spiro atoms. The fourth-order valence-electron chi connectivity index (χ4n) is 2.57. The molecule has 0 atom stereocenters. The van der Waals surface area contributed by atoms with Crippen LogP contribution in [0.2, 0.25) is 0 Å². The van der Waals surface area contributed by atoms with Crippen molar-refractivity contribution in [1.29, 1.82) is 0 Å². The summed E-state index contributed by atoms with van der Waals surface area (Å²) >= 11 is 0. The summed E-state index contributed by atoms with van der Waals surface area (Å²) in [6.45, 7) is 8.20. The van der Waals surface area contributed by atoms with Gasteiger partial charge in [-0.3, -0.25) is 19.6 Å². The molecule has 116 valence electrons. The summed E-state index contributed by atoms with van der Waals surface area (Å²) in [6.07, 6.45) is 0. The van der Waals surface area contributed by atoms with E-state index in [-0.39, 0.29) is 24.9 Å². The van der Waals surface area contributed by atoms with E-state index in [4.69, 9.17) is 0 Å². The van der Waals surface area contributed by atoms with Crippen LogP contribution in [-0.2, 0) is 23.2 Å². The van der Waals surface area contributed by atoms with E-state index in [2.05, 4.69) is 29.6 Å². The normalized spacial score (nSPS) is 15.8. The monoisotopic (exact) mass is 293 g/mol. The van der Waals surface area contributed by atoms with Crippen molar-refractivity contribution in [3.63, 3.8) is 0 Å². The lowest BCUT2D eigenvalue weighted by atomic mass is 10.2. The van der Waals surface area contributed by atoms with Gasteiger partial charge in [0.15, 0.2) is 0 Å². The van der Waals surface area contributed by atoms with Crippen molar-refractivity contribution in [3.8, 4) is 0 Å². The van der Waals surface area contributed by atoms with Crippen LogP contribution in [0.3, 0.4) is 0 Å². The van der Waals surface area contributed by atoms with Crippen molar-refractivity contribution in [1.82, 2.24) is 20.4 Å². The Morgan fingerprint density at radius 2 is 1.90 bits per heavy atom. The van der Waals surface area contributed by atoms with Gasteiger partial charge in [-0.1, -0.05) is 13.8 Å². The highest BCUT2D eigenvalue weighted by Gasteiger charge is 2.27. The first-order valence-corrected chi connectivity index (χ1v) is 7.19. The number of anilines is 1. The van der Waals surface area contributed by atoms with Crippen LogP contribution in [0.15, 0.2) is 0 Å². The number of carbonyl (C=O) groups excluding carboxylic acids is 2. The van der Waals surface area contributed by atoms with Gasteiger partial charge in [-0.25, -0.2) is 0 Å². The Morgan fingerprint density at radius 1 is 1.29 bits per heavy atom. The number of nitrogens with one attached hydrogen (secondary N) is 2. The third kappa shape index (κ3) is 3.60. The number of piperazine rings is 1. The van der Waals surface area contributed by atoms with E-state index in [9.17, 15) is 9.59 Å². The molecular weight excluding hydrogens is 270 g/mol. The van der Waals surface area contributed by atoms with Gasteiger partial charge in [-0.15, -0.1) is 0 Å². The first-order valence-electron chi connectivity index (χ1n) is 7.19. The van der Waals surface area contributed by atoms with Crippen LogP contribution in [0.5, 0.6) is 0 Å². The number of nitrogens with zero attached hydrogens (tertiary/aromatic N) is 3. The fourth-order valence-corrected chi connectivity index (χ4v) is 2.57. The lowest BCUT2D eigenvalue weighted by Gasteiger charge is -2.28. The van der Waals surface area contributed by atoms with Crippen LogP contribution in [0.4, 0.5) is 5.82 Å². The summed E-state index contributed by atoms with van der Waals surface area (Å²) in [5.74, 6) is 0.858. The molecule has 2 rings (SSSR count). The maximum absolute atomic E-state index is 11.6. The fraction of sp³-hybridized carbons (Fsp3) is 0.643. The molecule has 1 saturated heterocycles. The first-order chi connectivity index (χ1) is 9.88. The largest absolute Gasteiger partial charge is 0.338 e. The van der Waals surface area contributed by atoms with Gasteiger partial charge < -0.3 is 10.2 Å². The quantitative estimate of drug-likeness (QED) is 0.743. The minimum absolute atomic E-state index is 0.182. The average molecular weight is 293 g/mol. The second-order valence-corrected chi connectivity index (χ2v) is 5.86. The Hall–Kier alpha value is -1.89. The first kappa shape index (κ1) is 15.5. The second kappa shape index (κ2) is 6.26. The van der Waals surface area contributed by atoms with Gasteiger partial charge in [-0.2, -0.15) is 5.10 Å². The maximum Gasteiger partial charge on any atom is 0.246 e. The summed E-state index contributed by atoms with van der Waals surface area (Å²) in [5.41, 5.74) is 1.96. The molecule has 0 radical (unpaired) electrons. The minimum Gasteiger partial charge on any atom is -0.338 e. The third-order valence-electron chi connectivity index (χ3n) is 3.41. The molecule has 2 heterocycles. The molecule has 1 aliphatic heterocycles. The van der Waals surface area contributed by atoms with Gasteiger partial charge in [-0.05, 0) is 19.4 Å². The highest BCUT2D eigenvalue weighted by atomic mass is 16.2. The molecule has 1 aromatic rings. The Bertz CT molecular complexity index is 534. The van der Waals surface area contributed by atoms with Gasteiger partial charge in [0.25, 0.3) is 0 Å². The zero-order chi connectivity index (χ0) is 15.6. The van der Waals surface area contributed by atoms with Crippen molar-refractivity contribution in [2.45, 2.75) is 27.3 Å². The molecule has 1 aromatic heterocycles. The van der Waals surface area contributed by atoms with Gasteiger partial charge >= 0.3 is 0 Å². The van der Waals surface area contributed by atoms with Crippen LogP contribution in [-0.4, -0.2) is 41.2 Å². The predicted octanol–water partition coefficient (Wildman–Crippen LogP) is -0.0631. The molecule has 0 saturated carbocycles. The zero-order valence-electron chi connectivity index (χ0n) is 13.1. The molecule has 1 aliphatic rings. The second-order valence-electron chi connectivity index (χ2n) is 5.86. The average Bonchev–Trinajstić information content (AvgIpc) is 2.62. The standard InChI is InChI=1S/C14H23N5O2/c1-9(2)5-15-6-11-10(3)17-18(4)14(11)19-7-12(20)16-13(21)8-19/h9,15H,5-8H2,1-4H3,(H,16,20,21). The molecule has 0 aromatic carbocycles. The Kier molecular flexibility index (Phi) is 4.62. The summed E-state index contributed by atoms with van der Waals surface area (Å²) < 4.78 is 1.74. The van der Waals surface area contributed by atoms with E-state index in [0.717, 1.165) is 23.6 Å². The molecule has 2 N–H and O–H groups in total. The SMILES string of the molecule is Cc1nn(C)c(N2CC(=O)NC(=O)C2)c1CNCC(C)C. The number of aryl methyl sites for hydroxylation is 2. The van der Waals surface area contributed by atoms with Gasteiger partial charge in [0.1, 0.15) is 5.82 Å². The zero-order valence-corrected chi connectivity index (χ0v) is 13.1. The molecule has 1 fully saturated rings. The Balaban J connectivity index is 2.21.